The van der Waals surface area contributed by atoms with E-state index in [2.05, 4.69) is 15.6 Å². The maximum Gasteiger partial charge on any atom is 0.276 e. The summed E-state index contributed by atoms with van der Waals surface area (Å²) in [7, 11) is 1.70. The van der Waals surface area contributed by atoms with Crippen molar-refractivity contribution >= 4 is 29.1 Å². The van der Waals surface area contributed by atoms with Crippen LogP contribution in [0.4, 0.5) is 17.3 Å². The lowest BCUT2D eigenvalue weighted by atomic mass is 10.1. The number of pyridine rings is 1. The van der Waals surface area contributed by atoms with Crippen LogP contribution >= 0.6 is 11.8 Å². The molecule has 1 aromatic heterocycles. The van der Waals surface area contributed by atoms with Crippen molar-refractivity contribution in [3.05, 3.63) is 22.2 Å². The van der Waals surface area contributed by atoms with Crippen molar-refractivity contribution in [1.29, 1.82) is 0 Å². The predicted octanol–water partition coefficient (Wildman–Crippen LogP) is 2.34. The van der Waals surface area contributed by atoms with Gasteiger partial charge in [-0.1, -0.05) is 0 Å². The molecule has 2 rings (SSSR count). The number of hydrogen-bond donors (Lipinski definition) is 2. The number of rotatable bonds is 4. The lowest BCUT2D eigenvalue weighted by molar-refractivity contribution is -0.384. The molecule has 1 saturated heterocycles. The third-order valence-electron chi connectivity index (χ3n) is 2.85. The standard InChI is InChI=1S/C11H16N4O2S/c1-12-10-6-9(15(16)17)7-11(14-10)13-8-2-4-18-5-3-8/h6-8H,2-5H2,1H3,(H2,12,13,14). The van der Waals surface area contributed by atoms with Crippen LogP contribution in [0.5, 0.6) is 0 Å². The molecule has 0 saturated carbocycles. The van der Waals surface area contributed by atoms with Gasteiger partial charge in [0.2, 0.25) is 0 Å². The third kappa shape index (κ3) is 3.25. The van der Waals surface area contributed by atoms with Gasteiger partial charge in [0.15, 0.2) is 0 Å². The maximum absolute atomic E-state index is 10.8. The molecule has 0 unspecified atom stereocenters. The highest BCUT2D eigenvalue weighted by atomic mass is 32.2. The first-order chi connectivity index (χ1) is 8.69. The van der Waals surface area contributed by atoms with Crippen LogP contribution in [0.25, 0.3) is 0 Å². The first-order valence-corrected chi connectivity index (χ1v) is 7.03. The average Bonchev–Trinajstić information content (AvgIpc) is 2.39. The minimum absolute atomic E-state index is 0.0574. The van der Waals surface area contributed by atoms with Crippen molar-refractivity contribution in [2.75, 3.05) is 29.2 Å². The Morgan fingerprint density at radius 3 is 2.67 bits per heavy atom. The van der Waals surface area contributed by atoms with E-state index in [1.807, 2.05) is 11.8 Å². The summed E-state index contributed by atoms with van der Waals surface area (Å²) in [5.41, 5.74) is 0.0574. The molecule has 0 atom stereocenters. The van der Waals surface area contributed by atoms with E-state index in [1.54, 1.807) is 7.05 Å². The van der Waals surface area contributed by atoms with Crippen LogP contribution in [0.2, 0.25) is 0 Å². The average molecular weight is 268 g/mol. The molecule has 2 N–H and O–H groups in total. The number of anilines is 2. The van der Waals surface area contributed by atoms with Crippen molar-refractivity contribution in [3.63, 3.8) is 0 Å². The van der Waals surface area contributed by atoms with E-state index in [0.29, 0.717) is 17.7 Å². The SMILES string of the molecule is CNc1cc([N+](=O)[O-])cc(NC2CCSCC2)n1. The van der Waals surface area contributed by atoms with E-state index in [-0.39, 0.29) is 5.69 Å². The molecule has 6 nitrogen and oxygen atoms in total. The summed E-state index contributed by atoms with van der Waals surface area (Å²) in [5.74, 6) is 3.35. The van der Waals surface area contributed by atoms with Gasteiger partial charge in [-0.15, -0.1) is 0 Å². The van der Waals surface area contributed by atoms with Gasteiger partial charge in [0.1, 0.15) is 11.6 Å². The fraction of sp³-hybridized carbons (Fsp3) is 0.545. The first kappa shape index (κ1) is 12.9. The van der Waals surface area contributed by atoms with Crippen molar-refractivity contribution in [1.82, 2.24) is 4.98 Å². The van der Waals surface area contributed by atoms with Gasteiger partial charge in [-0.05, 0) is 24.3 Å². The second-order valence-corrected chi connectivity index (χ2v) is 5.36. The molecule has 1 aliphatic rings. The van der Waals surface area contributed by atoms with Crippen LogP contribution in [0.1, 0.15) is 12.8 Å². The Kier molecular flexibility index (Phi) is 4.24. The van der Waals surface area contributed by atoms with Gasteiger partial charge in [0.05, 0.1) is 17.1 Å². The lowest BCUT2D eigenvalue weighted by Gasteiger charge is -2.23. The molecule has 1 aromatic rings. The Bertz CT molecular complexity index is 435. The molecule has 7 heteroatoms. The van der Waals surface area contributed by atoms with Crippen LogP contribution in [0, 0.1) is 10.1 Å². The molecule has 98 valence electrons. The smallest absolute Gasteiger partial charge is 0.276 e. The summed E-state index contributed by atoms with van der Waals surface area (Å²) in [6, 6.07) is 3.29. The highest BCUT2D eigenvalue weighted by Crippen LogP contribution is 2.24. The molecule has 0 aromatic carbocycles. The Morgan fingerprint density at radius 2 is 2.06 bits per heavy atom. The number of aromatic nitrogens is 1. The number of nitro groups is 1. The molecule has 0 bridgehead atoms. The normalized spacial score (nSPS) is 16.3. The molecule has 0 spiro atoms. The number of hydrogen-bond acceptors (Lipinski definition) is 6. The largest absolute Gasteiger partial charge is 0.373 e. The van der Waals surface area contributed by atoms with Crippen LogP contribution in [-0.4, -0.2) is 34.5 Å². The maximum atomic E-state index is 10.8. The fourth-order valence-corrected chi connectivity index (χ4v) is 2.98. The minimum atomic E-state index is -0.398. The van der Waals surface area contributed by atoms with E-state index >= 15 is 0 Å². The second-order valence-electron chi connectivity index (χ2n) is 4.13. The van der Waals surface area contributed by atoms with Crippen LogP contribution in [0.3, 0.4) is 0 Å². The van der Waals surface area contributed by atoms with Gasteiger partial charge in [0, 0.05) is 13.1 Å². The molecule has 0 amide bonds. The summed E-state index contributed by atoms with van der Waals surface area (Å²) in [5, 5.41) is 17.0. The monoisotopic (exact) mass is 268 g/mol. The Hall–Kier alpha value is -1.50. The first-order valence-electron chi connectivity index (χ1n) is 5.87. The van der Waals surface area contributed by atoms with Crippen molar-refractivity contribution < 1.29 is 4.92 Å². The van der Waals surface area contributed by atoms with Gasteiger partial charge in [-0.3, -0.25) is 10.1 Å². The van der Waals surface area contributed by atoms with Crippen LogP contribution in [-0.2, 0) is 0 Å². The van der Waals surface area contributed by atoms with Crippen LogP contribution < -0.4 is 10.6 Å². The minimum Gasteiger partial charge on any atom is -0.373 e. The summed E-state index contributed by atoms with van der Waals surface area (Å²) < 4.78 is 0. The predicted molar refractivity (Wildman–Crippen MR) is 74.4 cm³/mol. The molecule has 1 fully saturated rings. The van der Waals surface area contributed by atoms with E-state index in [1.165, 1.54) is 12.1 Å². The Balaban J connectivity index is 2.15. The number of nitrogens with zero attached hydrogens (tertiary/aromatic N) is 2. The van der Waals surface area contributed by atoms with Crippen molar-refractivity contribution in [3.8, 4) is 0 Å². The lowest BCUT2D eigenvalue weighted by Crippen LogP contribution is -2.25. The summed E-state index contributed by atoms with van der Waals surface area (Å²) >= 11 is 1.94. The molecule has 0 radical (unpaired) electrons. The fourth-order valence-electron chi connectivity index (χ4n) is 1.87. The second kappa shape index (κ2) is 5.90. The van der Waals surface area contributed by atoms with E-state index < -0.39 is 4.92 Å². The van der Waals surface area contributed by atoms with Gasteiger partial charge in [-0.25, -0.2) is 4.98 Å². The van der Waals surface area contributed by atoms with Gasteiger partial charge < -0.3 is 10.6 Å². The Morgan fingerprint density at radius 1 is 1.39 bits per heavy atom. The van der Waals surface area contributed by atoms with Gasteiger partial charge in [-0.2, -0.15) is 11.8 Å². The molecule has 0 aliphatic carbocycles. The van der Waals surface area contributed by atoms with E-state index in [0.717, 1.165) is 24.3 Å². The number of thioether (sulfide) groups is 1. The zero-order valence-corrected chi connectivity index (χ0v) is 11.0. The van der Waals surface area contributed by atoms with Gasteiger partial charge >= 0.3 is 0 Å². The van der Waals surface area contributed by atoms with Crippen LogP contribution in [0.15, 0.2) is 12.1 Å². The van der Waals surface area contributed by atoms with Crippen molar-refractivity contribution in [2.24, 2.45) is 0 Å². The molecule has 18 heavy (non-hydrogen) atoms. The molecular formula is C11H16N4O2S. The zero-order chi connectivity index (χ0) is 13.0. The van der Waals surface area contributed by atoms with E-state index in [4.69, 9.17) is 0 Å². The molecular weight excluding hydrogens is 252 g/mol. The summed E-state index contributed by atoms with van der Waals surface area (Å²) in [4.78, 5) is 14.7. The summed E-state index contributed by atoms with van der Waals surface area (Å²) in [6.45, 7) is 0. The Labute approximate surface area is 110 Å². The van der Waals surface area contributed by atoms with Gasteiger partial charge in [0.25, 0.3) is 5.69 Å². The van der Waals surface area contributed by atoms with Crippen molar-refractivity contribution in [2.45, 2.75) is 18.9 Å². The quantitative estimate of drug-likeness (QED) is 0.644. The topological polar surface area (TPSA) is 80.1 Å². The highest BCUT2D eigenvalue weighted by Gasteiger charge is 2.16. The highest BCUT2D eigenvalue weighted by molar-refractivity contribution is 7.99. The summed E-state index contributed by atoms with van der Waals surface area (Å²) in [6.07, 6.45) is 2.15. The number of nitrogens with one attached hydrogen (secondary N) is 2. The zero-order valence-electron chi connectivity index (χ0n) is 10.2. The molecule has 1 aliphatic heterocycles. The van der Waals surface area contributed by atoms with E-state index in [9.17, 15) is 10.1 Å². The third-order valence-corrected chi connectivity index (χ3v) is 3.90. The molecule has 2 heterocycles.